The molecular formula is C21H22F2N6O3S. The van der Waals surface area contributed by atoms with E-state index in [0.717, 1.165) is 19.3 Å². The lowest BCUT2D eigenvalue weighted by Gasteiger charge is -2.46. The van der Waals surface area contributed by atoms with E-state index in [-0.39, 0.29) is 16.7 Å². The van der Waals surface area contributed by atoms with E-state index in [4.69, 9.17) is 5.14 Å². The number of carbonyl (C=O) groups is 1. The molecule has 3 aromatic rings. The van der Waals surface area contributed by atoms with Crippen molar-refractivity contribution in [2.24, 2.45) is 5.14 Å². The van der Waals surface area contributed by atoms with Gasteiger partial charge in [-0.2, -0.15) is 4.98 Å². The summed E-state index contributed by atoms with van der Waals surface area (Å²) < 4.78 is 40.8. The van der Waals surface area contributed by atoms with Gasteiger partial charge in [0.2, 0.25) is 5.95 Å². The lowest BCUT2D eigenvalue weighted by molar-refractivity contribution is -0.209. The first-order valence-electron chi connectivity index (χ1n) is 10.5. The second-order valence-corrected chi connectivity index (χ2v) is 9.41. The minimum atomic E-state index is -2.97. The van der Waals surface area contributed by atoms with E-state index in [1.165, 1.54) is 12.3 Å². The van der Waals surface area contributed by atoms with Gasteiger partial charge in [0.05, 0.1) is 10.6 Å². The first-order chi connectivity index (χ1) is 15.8. The number of benzene rings is 1. The van der Waals surface area contributed by atoms with E-state index in [9.17, 15) is 23.0 Å². The Morgan fingerprint density at radius 2 is 1.91 bits per heavy atom. The Hall–Kier alpha value is -2.96. The second-order valence-electron chi connectivity index (χ2n) is 8.35. The van der Waals surface area contributed by atoms with E-state index in [2.05, 4.69) is 15.3 Å². The average Bonchev–Trinajstić information content (AvgIpc) is 3.17. The molecule has 3 heterocycles. The van der Waals surface area contributed by atoms with Crippen LogP contribution in [0.1, 0.15) is 43.8 Å². The minimum Gasteiger partial charge on any atom is -0.324 e. The Balaban J connectivity index is 1.62. The number of amides is 1. The third-order valence-electron chi connectivity index (χ3n) is 6.43. The van der Waals surface area contributed by atoms with Gasteiger partial charge in [-0.3, -0.25) is 10.0 Å². The molecule has 1 fully saturated rings. The molecule has 1 aliphatic carbocycles. The zero-order valence-electron chi connectivity index (χ0n) is 17.4. The van der Waals surface area contributed by atoms with Crippen molar-refractivity contribution in [3.63, 3.8) is 0 Å². The summed E-state index contributed by atoms with van der Waals surface area (Å²) in [5, 5.41) is 19.5. The molecule has 0 bridgehead atoms. The van der Waals surface area contributed by atoms with E-state index < -0.39 is 34.9 Å². The number of nitrogens with zero attached hydrogens (tertiary/aromatic N) is 4. The topological polar surface area (TPSA) is 126 Å². The van der Waals surface area contributed by atoms with Crippen LogP contribution in [0.25, 0.3) is 11.0 Å². The van der Waals surface area contributed by atoms with Crippen LogP contribution in [0, 0.1) is 0 Å². The van der Waals surface area contributed by atoms with Crippen LogP contribution >= 0.6 is 0 Å². The molecule has 12 heteroatoms. The van der Waals surface area contributed by atoms with Crippen molar-refractivity contribution in [3.05, 3.63) is 42.2 Å². The van der Waals surface area contributed by atoms with Crippen molar-refractivity contribution in [2.45, 2.75) is 55.0 Å². The van der Waals surface area contributed by atoms with Crippen molar-refractivity contribution in [2.75, 3.05) is 5.32 Å². The van der Waals surface area contributed by atoms with Crippen molar-refractivity contribution in [3.8, 4) is 0 Å². The number of nitrogens with two attached hydrogens (primary N) is 1. The molecule has 1 aliphatic heterocycles. The number of hydroxylamine groups is 2. The minimum absolute atomic E-state index is 0.144. The van der Waals surface area contributed by atoms with Gasteiger partial charge in [-0.05, 0) is 43.2 Å². The number of rotatable bonds is 4. The molecule has 1 saturated carbocycles. The summed E-state index contributed by atoms with van der Waals surface area (Å²) in [6.45, 7) is 0. The van der Waals surface area contributed by atoms with Crippen LogP contribution in [0.3, 0.4) is 0 Å². The Morgan fingerprint density at radius 1 is 1.21 bits per heavy atom. The number of hydrogen-bond acceptors (Lipinski definition) is 6. The fourth-order valence-electron chi connectivity index (χ4n) is 4.91. The second kappa shape index (κ2) is 8.12. The smallest absolute Gasteiger partial charge is 0.273 e. The molecule has 4 N–H and O–H groups in total. The van der Waals surface area contributed by atoms with Crippen LogP contribution in [0.15, 0.2) is 41.4 Å². The van der Waals surface area contributed by atoms with E-state index in [0.29, 0.717) is 34.5 Å². The summed E-state index contributed by atoms with van der Waals surface area (Å²) in [4.78, 5) is 22.5. The SMILES string of the molecule is NS(=O)c1ccc(Nc2ncc3cc4n(c3n2)C2(CCCCC2)C(=O)N(O)C4C(F)F)cc1. The van der Waals surface area contributed by atoms with Crippen LogP contribution in [0.2, 0.25) is 0 Å². The summed E-state index contributed by atoms with van der Waals surface area (Å²) in [6.07, 6.45) is 1.80. The number of hydrogen-bond donors (Lipinski definition) is 3. The summed E-state index contributed by atoms with van der Waals surface area (Å²) in [5.41, 5.74) is -0.0423. The van der Waals surface area contributed by atoms with Gasteiger partial charge in [0.25, 0.3) is 12.3 Å². The molecule has 9 nitrogen and oxygen atoms in total. The monoisotopic (exact) mass is 476 g/mol. The molecule has 33 heavy (non-hydrogen) atoms. The van der Waals surface area contributed by atoms with Gasteiger partial charge in [-0.1, -0.05) is 19.3 Å². The van der Waals surface area contributed by atoms with Crippen LogP contribution in [0.4, 0.5) is 20.4 Å². The summed E-state index contributed by atoms with van der Waals surface area (Å²) in [5.74, 6) is -0.514. The van der Waals surface area contributed by atoms with Crippen molar-refractivity contribution in [1.29, 1.82) is 0 Å². The predicted molar refractivity (Wildman–Crippen MR) is 116 cm³/mol. The van der Waals surface area contributed by atoms with Crippen LogP contribution in [-0.4, -0.2) is 41.3 Å². The first kappa shape index (κ1) is 21.9. The Morgan fingerprint density at radius 3 is 2.55 bits per heavy atom. The molecule has 0 radical (unpaired) electrons. The fraction of sp³-hybridized carbons (Fsp3) is 0.381. The molecule has 5 rings (SSSR count). The Labute approximate surface area is 190 Å². The predicted octanol–water partition coefficient (Wildman–Crippen LogP) is 3.35. The highest BCUT2D eigenvalue weighted by molar-refractivity contribution is 7.82. The van der Waals surface area contributed by atoms with Crippen molar-refractivity contribution in [1.82, 2.24) is 19.6 Å². The molecule has 174 valence electrons. The number of alkyl halides is 2. The molecule has 2 unspecified atom stereocenters. The van der Waals surface area contributed by atoms with Crippen LogP contribution < -0.4 is 10.5 Å². The summed E-state index contributed by atoms with van der Waals surface area (Å²) >= 11 is 0. The quantitative estimate of drug-likeness (QED) is 0.496. The van der Waals surface area contributed by atoms with Crippen LogP contribution in [-0.2, 0) is 21.3 Å². The maximum atomic E-state index is 13.9. The number of nitrogens with one attached hydrogen (secondary N) is 1. The molecule has 1 aromatic carbocycles. The van der Waals surface area contributed by atoms with Gasteiger partial charge in [0.1, 0.15) is 22.2 Å². The zero-order chi connectivity index (χ0) is 23.3. The Kier molecular flexibility index (Phi) is 5.38. The van der Waals surface area contributed by atoms with Crippen molar-refractivity contribution < 1.29 is 23.0 Å². The molecule has 1 amide bonds. The largest absolute Gasteiger partial charge is 0.324 e. The average molecular weight is 477 g/mol. The molecule has 2 aliphatic rings. The first-order valence-corrected chi connectivity index (χ1v) is 11.8. The third kappa shape index (κ3) is 3.49. The van der Waals surface area contributed by atoms with E-state index in [1.807, 2.05) is 0 Å². The molecule has 1 spiro atoms. The van der Waals surface area contributed by atoms with Gasteiger partial charge in [-0.15, -0.1) is 0 Å². The van der Waals surface area contributed by atoms with Gasteiger partial charge in [0.15, 0.2) is 6.04 Å². The lowest BCUT2D eigenvalue weighted by Crippen LogP contribution is -2.57. The standard InChI is InChI=1S/C21H22F2N6O3S/c22-17(23)16-15-10-12-11-25-20(26-13-4-6-14(7-5-13)33(24)32)27-18(12)28(15)21(19(30)29(16)31)8-2-1-3-9-21/h4-7,10-11,16-17,31H,1-3,8-9,24H2,(H,25,26,27). The van der Waals surface area contributed by atoms with Gasteiger partial charge >= 0.3 is 0 Å². The maximum absolute atomic E-state index is 13.9. The molecule has 2 aromatic heterocycles. The maximum Gasteiger partial charge on any atom is 0.273 e. The van der Waals surface area contributed by atoms with Gasteiger partial charge in [-0.25, -0.2) is 28.2 Å². The zero-order valence-corrected chi connectivity index (χ0v) is 18.3. The highest BCUT2D eigenvalue weighted by Crippen LogP contribution is 2.47. The van der Waals surface area contributed by atoms with Crippen LogP contribution in [0.5, 0.6) is 0 Å². The number of carbonyl (C=O) groups excluding carboxylic acids is 1. The fourth-order valence-corrected chi connectivity index (χ4v) is 5.31. The molecule has 0 saturated heterocycles. The number of anilines is 2. The lowest BCUT2D eigenvalue weighted by atomic mass is 9.78. The van der Waals surface area contributed by atoms with Crippen molar-refractivity contribution >= 4 is 39.6 Å². The highest BCUT2D eigenvalue weighted by atomic mass is 32.2. The third-order valence-corrected chi connectivity index (χ3v) is 7.17. The normalized spacial score (nSPS) is 20.9. The van der Waals surface area contributed by atoms with E-state index >= 15 is 0 Å². The summed E-state index contributed by atoms with van der Waals surface area (Å²) in [7, 11) is -1.60. The highest BCUT2D eigenvalue weighted by Gasteiger charge is 2.54. The molecular weight excluding hydrogens is 454 g/mol. The van der Waals surface area contributed by atoms with Gasteiger partial charge in [0, 0.05) is 17.3 Å². The number of fused-ring (bicyclic) bond motifs is 4. The number of aromatic nitrogens is 3. The van der Waals surface area contributed by atoms with Gasteiger partial charge < -0.3 is 9.88 Å². The number of halogens is 2. The van der Waals surface area contributed by atoms with E-state index in [1.54, 1.807) is 28.8 Å². The summed E-state index contributed by atoms with van der Waals surface area (Å²) in [6, 6.07) is 6.30. The molecule has 2 atom stereocenters. The Bertz CT molecular complexity index is 1240.